The Balaban J connectivity index is 1.28. The lowest BCUT2D eigenvalue weighted by Crippen LogP contribution is -2.24. The van der Waals surface area contributed by atoms with Gasteiger partial charge in [0, 0.05) is 29.9 Å². The summed E-state index contributed by atoms with van der Waals surface area (Å²) in [6.07, 6.45) is 6.18. The number of hydrogen-bond acceptors (Lipinski definition) is 4. The molecule has 2 aromatic heterocycles. The second-order valence-electron chi connectivity index (χ2n) is 8.30. The van der Waals surface area contributed by atoms with Gasteiger partial charge in [-0.05, 0) is 55.8 Å². The zero-order chi connectivity index (χ0) is 22.6. The van der Waals surface area contributed by atoms with Gasteiger partial charge in [-0.15, -0.1) is 0 Å². The van der Waals surface area contributed by atoms with Gasteiger partial charge in [-0.3, -0.25) is 14.0 Å². The van der Waals surface area contributed by atoms with Crippen molar-refractivity contribution < 1.29 is 4.74 Å². The Bertz CT molecular complexity index is 1360. The van der Waals surface area contributed by atoms with Crippen molar-refractivity contribution in [2.75, 3.05) is 19.6 Å². The first-order chi connectivity index (χ1) is 16.2. The van der Waals surface area contributed by atoms with E-state index in [0.29, 0.717) is 18.0 Å². The molecule has 2 aromatic carbocycles. The minimum Gasteiger partial charge on any atom is -0.489 e. The number of nitrogens with zero attached hydrogens (tertiary/aromatic N) is 5. The summed E-state index contributed by atoms with van der Waals surface area (Å²) in [5.74, 6) is 0.515. The first-order valence-electron chi connectivity index (χ1n) is 11.2. The number of likely N-dealkylation sites (tertiary alicyclic amines) is 1. The SMILES string of the molecule is [C-]#[N+]c1ccc(COc2ccn(-c3ccc4c(cnn4CCN4CCCC4)c3)c(=O)c2)cc1. The predicted octanol–water partition coefficient (Wildman–Crippen LogP) is 4.41. The van der Waals surface area contributed by atoms with Crippen molar-refractivity contribution in [2.45, 2.75) is 26.0 Å². The van der Waals surface area contributed by atoms with Gasteiger partial charge in [0.1, 0.15) is 12.4 Å². The van der Waals surface area contributed by atoms with Gasteiger partial charge in [-0.1, -0.05) is 24.3 Å². The third-order valence-electron chi connectivity index (χ3n) is 6.09. The highest BCUT2D eigenvalue weighted by atomic mass is 16.5. The fourth-order valence-corrected chi connectivity index (χ4v) is 4.24. The van der Waals surface area contributed by atoms with Crippen LogP contribution in [0.5, 0.6) is 5.75 Å². The highest BCUT2D eigenvalue weighted by Gasteiger charge is 2.12. The van der Waals surface area contributed by atoms with Crippen LogP contribution >= 0.6 is 0 Å². The third kappa shape index (κ3) is 4.66. The van der Waals surface area contributed by atoms with Crippen molar-refractivity contribution in [1.29, 1.82) is 0 Å². The zero-order valence-corrected chi connectivity index (χ0v) is 18.4. The zero-order valence-electron chi connectivity index (χ0n) is 18.4. The van der Waals surface area contributed by atoms with Crippen LogP contribution in [0.15, 0.2) is 71.8 Å². The molecule has 0 unspecified atom stereocenters. The maximum Gasteiger partial charge on any atom is 0.258 e. The Kier molecular flexibility index (Phi) is 5.92. The molecule has 166 valence electrons. The molecule has 33 heavy (non-hydrogen) atoms. The van der Waals surface area contributed by atoms with E-state index in [2.05, 4.69) is 14.8 Å². The normalized spacial score (nSPS) is 13.9. The molecule has 7 heteroatoms. The molecule has 0 atom stereocenters. The second kappa shape index (κ2) is 9.31. The fraction of sp³-hybridized carbons (Fsp3) is 0.269. The highest BCUT2D eigenvalue weighted by molar-refractivity contribution is 5.80. The standard InChI is InChI=1S/C26H25N5O2/c1-27-22-6-4-20(5-7-22)19-33-24-10-13-30(26(32)17-24)23-8-9-25-21(16-23)18-28-31(25)15-14-29-11-2-3-12-29/h4-10,13,16-18H,2-3,11-12,14-15,19H2. The van der Waals surface area contributed by atoms with Crippen LogP contribution in [-0.4, -0.2) is 38.9 Å². The van der Waals surface area contributed by atoms with Gasteiger partial charge in [0.2, 0.25) is 0 Å². The van der Waals surface area contributed by atoms with Crippen LogP contribution in [0.3, 0.4) is 0 Å². The van der Waals surface area contributed by atoms with E-state index in [1.54, 1.807) is 29.0 Å². The summed E-state index contributed by atoms with van der Waals surface area (Å²) in [7, 11) is 0. The number of pyridine rings is 1. The molecule has 0 aliphatic carbocycles. The lowest BCUT2D eigenvalue weighted by atomic mass is 10.2. The molecule has 1 fully saturated rings. The van der Waals surface area contributed by atoms with Crippen LogP contribution in [0.25, 0.3) is 21.4 Å². The largest absolute Gasteiger partial charge is 0.489 e. The Morgan fingerprint density at radius 2 is 1.82 bits per heavy atom. The number of ether oxygens (including phenoxy) is 1. The molecule has 4 aromatic rings. The van der Waals surface area contributed by atoms with Crippen LogP contribution in [-0.2, 0) is 13.2 Å². The van der Waals surface area contributed by atoms with Crippen molar-refractivity contribution in [3.63, 3.8) is 0 Å². The number of rotatable bonds is 7. The molecule has 0 bridgehead atoms. The lowest BCUT2D eigenvalue weighted by molar-refractivity contribution is 0.305. The Morgan fingerprint density at radius 1 is 1.00 bits per heavy atom. The highest BCUT2D eigenvalue weighted by Crippen LogP contribution is 2.20. The number of fused-ring (bicyclic) bond motifs is 1. The van der Waals surface area contributed by atoms with Gasteiger partial charge in [0.25, 0.3) is 5.56 Å². The molecule has 7 nitrogen and oxygen atoms in total. The monoisotopic (exact) mass is 439 g/mol. The Morgan fingerprint density at radius 3 is 2.58 bits per heavy atom. The van der Waals surface area contributed by atoms with Gasteiger partial charge in [-0.2, -0.15) is 5.10 Å². The average molecular weight is 440 g/mol. The molecule has 3 heterocycles. The van der Waals surface area contributed by atoms with Crippen LogP contribution in [0.1, 0.15) is 18.4 Å². The summed E-state index contributed by atoms with van der Waals surface area (Å²) >= 11 is 0. The molecule has 1 aliphatic heterocycles. The van der Waals surface area contributed by atoms with E-state index >= 15 is 0 Å². The fourth-order valence-electron chi connectivity index (χ4n) is 4.24. The van der Waals surface area contributed by atoms with Gasteiger partial charge in [0.15, 0.2) is 5.69 Å². The summed E-state index contributed by atoms with van der Waals surface area (Å²) in [5.41, 5.74) is 3.26. The molecule has 1 saturated heterocycles. The molecule has 1 aliphatic rings. The van der Waals surface area contributed by atoms with Crippen LogP contribution in [0, 0.1) is 6.57 Å². The van der Waals surface area contributed by atoms with Gasteiger partial charge in [-0.25, -0.2) is 4.85 Å². The molecule has 0 spiro atoms. The Labute approximate surface area is 192 Å². The first kappa shape index (κ1) is 21.0. The second-order valence-corrected chi connectivity index (χ2v) is 8.30. The molecule has 5 rings (SSSR count). The molecular formula is C26H25N5O2. The van der Waals surface area contributed by atoms with E-state index in [1.165, 1.54) is 32.0 Å². The van der Waals surface area contributed by atoms with Crippen molar-refractivity contribution in [3.05, 3.63) is 94.3 Å². The molecule has 0 amide bonds. The maximum atomic E-state index is 12.7. The molecular weight excluding hydrogens is 414 g/mol. The number of aromatic nitrogens is 3. The molecule has 0 radical (unpaired) electrons. The minimum atomic E-state index is -0.156. The van der Waals surface area contributed by atoms with E-state index in [-0.39, 0.29) is 5.56 Å². The van der Waals surface area contributed by atoms with E-state index in [1.807, 2.05) is 41.2 Å². The Hall–Kier alpha value is -3.89. The number of hydrogen-bond donors (Lipinski definition) is 0. The van der Waals surface area contributed by atoms with E-state index < -0.39 is 0 Å². The lowest BCUT2D eigenvalue weighted by Gasteiger charge is -2.14. The molecule has 0 saturated carbocycles. The van der Waals surface area contributed by atoms with Crippen molar-refractivity contribution in [1.82, 2.24) is 19.2 Å². The van der Waals surface area contributed by atoms with Crippen LogP contribution < -0.4 is 10.3 Å². The van der Waals surface area contributed by atoms with E-state index in [9.17, 15) is 4.79 Å². The summed E-state index contributed by atoms with van der Waals surface area (Å²) in [4.78, 5) is 18.6. The average Bonchev–Trinajstić information content (AvgIpc) is 3.51. The smallest absolute Gasteiger partial charge is 0.258 e. The maximum absolute atomic E-state index is 12.7. The summed E-state index contributed by atoms with van der Waals surface area (Å²) in [6, 6.07) is 16.5. The quantitative estimate of drug-likeness (QED) is 0.400. The molecule has 0 N–H and O–H groups in total. The van der Waals surface area contributed by atoms with Gasteiger partial charge in [0.05, 0.1) is 24.8 Å². The van der Waals surface area contributed by atoms with E-state index in [4.69, 9.17) is 11.3 Å². The summed E-state index contributed by atoms with van der Waals surface area (Å²) in [5, 5.41) is 5.58. The third-order valence-corrected chi connectivity index (χ3v) is 6.09. The number of benzene rings is 2. The van der Waals surface area contributed by atoms with Crippen molar-refractivity contribution in [2.24, 2.45) is 0 Å². The topological polar surface area (TPSA) is 56.7 Å². The van der Waals surface area contributed by atoms with Crippen LogP contribution in [0.4, 0.5) is 5.69 Å². The predicted molar refractivity (Wildman–Crippen MR) is 128 cm³/mol. The summed E-state index contributed by atoms with van der Waals surface area (Å²) < 4.78 is 9.42. The van der Waals surface area contributed by atoms with Crippen molar-refractivity contribution in [3.8, 4) is 11.4 Å². The van der Waals surface area contributed by atoms with Gasteiger partial charge < -0.3 is 9.64 Å². The first-order valence-corrected chi connectivity index (χ1v) is 11.2. The summed E-state index contributed by atoms with van der Waals surface area (Å²) in [6.45, 7) is 11.6. The minimum absolute atomic E-state index is 0.156. The van der Waals surface area contributed by atoms with E-state index in [0.717, 1.165) is 35.2 Å². The van der Waals surface area contributed by atoms with Gasteiger partial charge >= 0.3 is 0 Å². The van der Waals surface area contributed by atoms with Crippen molar-refractivity contribution >= 4 is 16.6 Å². The van der Waals surface area contributed by atoms with Crippen LogP contribution in [0.2, 0.25) is 0 Å².